The highest BCUT2D eigenvalue weighted by Crippen LogP contribution is 2.38. The summed E-state index contributed by atoms with van der Waals surface area (Å²) in [5.74, 6) is -2.01. The van der Waals surface area contributed by atoms with Crippen LogP contribution in [0, 0.1) is 5.82 Å². The van der Waals surface area contributed by atoms with Crippen molar-refractivity contribution in [3.63, 3.8) is 0 Å². The van der Waals surface area contributed by atoms with Gasteiger partial charge in [-0.25, -0.2) is 9.18 Å². The third kappa shape index (κ3) is 2.76. The van der Waals surface area contributed by atoms with Crippen molar-refractivity contribution >= 4 is 16.9 Å². The first-order valence-electron chi connectivity index (χ1n) is 8.46. The summed E-state index contributed by atoms with van der Waals surface area (Å²) in [6, 6.07) is 8.49. The Labute approximate surface area is 152 Å². The van der Waals surface area contributed by atoms with Crippen LogP contribution in [0.3, 0.4) is 0 Å². The van der Waals surface area contributed by atoms with E-state index in [0.717, 1.165) is 18.9 Å². The minimum atomic E-state index is -1.44. The number of rotatable bonds is 4. The SMILES string of the molecule is O=C(O)c1c(CO)c2cc(F)c(-c3ccc(O)cc3)cc2n(C2CC2)c1=O. The lowest BCUT2D eigenvalue weighted by Crippen LogP contribution is -2.28. The number of phenols is 1. The average Bonchev–Trinajstić information content (AvgIpc) is 3.46. The fourth-order valence-corrected chi connectivity index (χ4v) is 3.44. The first-order chi connectivity index (χ1) is 12.9. The summed E-state index contributed by atoms with van der Waals surface area (Å²) in [7, 11) is 0. The number of carboxylic acid groups (broad SMARTS) is 1. The maximum Gasteiger partial charge on any atom is 0.341 e. The lowest BCUT2D eigenvalue weighted by Gasteiger charge is -2.16. The van der Waals surface area contributed by atoms with Crippen LogP contribution in [0.15, 0.2) is 41.2 Å². The van der Waals surface area contributed by atoms with Crippen molar-refractivity contribution in [1.29, 1.82) is 0 Å². The molecule has 0 amide bonds. The van der Waals surface area contributed by atoms with Gasteiger partial charge in [-0.1, -0.05) is 12.1 Å². The predicted molar refractivity (Wildman–Crippen MR) is 96.4 cm³/mol. The van der Waals surface area contributed by atoms with Crippen molar-refractivity contribution < 1.29 is 24.5 Å². The summed E-state index contributed by atoms with van der Waals surface area (Å²) in [4.78, 5) is 24.4. The van der Waals surface area contributed by atoms with Crippen LogP contribution in [0.5, 0.6) is 5.75 Å². The molecule has 27 heavy (non-hydrogen) atoms. The minimum absolute atomic E-state index is 0.0449. The molecule has 0 unspecified atom stereocenters. The molecule has 3 N–H and O–H groups in total. The molecule has 1 fully saturated rings. The van der Waals surface area contributed by atoms with Gasteiger partial charge in [-0.2, -0.15) is 0 Å². The van der Waals surface area contributed by atoms with Gasteiger partial charge in [0.05, 0.1) is 12.1 Å². The summed E-state index contributed by atoms with van der Waals surface area (Å²) in [6.45, 7) is -0.684. The van der Waals surface area contributed by atoms with Gasteiger partial charge in [0.15, 0.2) is 0 Å². The molecule has 1 aliphatic rings. The Kier molecular flexibility index (Phi) is 3.96. The Bertz CT molecular complexity index is 1130. The molecule has 6 nitrogen and oxygen atoms in total. The van der Waals surface area contributed by atoms with Gasteiger partial charge in [-0.3, -0.25) is 4.79 Å². The van der Waals surface area contributed by atoms with E-state index in [-0.39, 0.29) is 28.3 Å². The van der Waals surface area contributed by atoms with Crippen LogP contribution in [0.1, 0.15) is 34.8 Å². The standard InChI is InChI=1S/C20H16FNO5/c21-16-7-14-15(9-23)18(20(26)27)19(25)22(11-3-4-11)17(14)8-13(16)10-1-5-12(24)6-2-10/h1-2,5-8,11,23-24H,3-4,9H2,(H,26,27). The molecule has 2 aromatic carbocycles. The number of halogens is 1. The van der Waals surface area contributed by atoms with E-state index in [4.69, 9.17) is 0 Å². The molecule has 1 aromatic heterocycles. The quantitative estimate of drug-likeness (QED) is 0.656. The molecule has 4 rings (SSSR count). The monoisotopic (exact) mass is 369 g/mol. The number of carbonyl (C=O) groups is 1. The number of nitrogens with zero attached hydrogens (tertiary/aromatic N) is 1. The summed E-state index contributed by atoms with van der Waals surface area (Å²) >= 11 is 0. The van der Waals surface area contributed by atoms with Crippen molar-refractivity contribution in [2.45, 2.75) is 25.5 Å². The highest BCUT2D eigenvalue weighted by Gasteiger charge is 2.31. The van der Waals surface area contributed by atoms with Crippen LogP contribution in [0.25, 0.3) is 22.0 Å². The van der Waals surface area contributed by atoms with E-state index < -0.39 is 29.5 Å². The molecule has 0 atom stereocenters. The maximum absolute atomic E-state index is 14.8. The Hall–Kier alpha value is -3.19. The molecule has 1 heterocycles. The van der Waals surface area contributed by atoms with Crippen LogP contribution in [-0.2, 0) is 6.61 Å². The van der Waals surface area contributed by atoms with Crippen LogP contribution in [-0.4, -0.2) is 25.9 Å². The molecule has 0 saturated heterocycles. The second-order valence-electron chi connectivity index (χ2n) is 6.62. The molecular formula is C20H16FNO5. The highest BCUT2D eigenvalue weighted by molar-refractivity contribution is 5.97. The Morgan fingerprint density at radius 2 is 1.85 bits per heavy atom. The zero-order valence-corrected chi connectivity index (χ0v) is 14.1. The van der Waals surface area contributed by atoms with Crippen molar-refractivity contribution in [2.24, 2.45) is 0 Å². The molecule has 1 aliphatic carbocycles. The van der Waals surface area contributed by atoms with E-state index in [1.165, 1.54) is 22.8 Å². The topological polar surface area (TPSA) is 99.8 Å². The smallest absolute Gasteiger partial charge is 0.341 e. The Balaban J connectivity index is 2.10. The molecular weight excluding hydrogens is 353 g/mol. The number of hydrogen-bond acceptors (Lipinski definition) is 4. The number of aliphatic hydroxyl groups is 1. The Morgan fingerprint density at radius 1 is 1.19 bits per heavy atom. The normalized spacial score (nSPS) is 13.9. The number of aliphatic hydroxyl groups excluding tert-OH is 1. The van der Waals surface area contributed by atoms with Crippen molar-refractivity contribution in [2.75, 3.05) is 0 Å². The largest absolute Gasteiger partial charge is 0.508 e. The fourth-order valence-electron chi connectivity index (χ4n) is 3.44. The van der Waals surface area contributed by atoms with E-state index >= 15 is 0 Å². The first-order valence-corrected chi connectivity index (χ1v) is 8.46. The zero-order chi connectivity index (χ0) is 19.3. The summed E-state index contributed by atoms with van der Waals surface area (Å²) < 4.78 is 16.2. The number of pyridine rings is 1. The van der Waals surface area contributed by atoms with E-state index in [1.807, 2.05) is 0 Å². The Morgan fingerprint density at radius 3 is 2.41 bits per heavy atom. The maximum atomic E-state index is 14.8. The third-order valence-electron chi connectivity index (χ3n) is 4.87. The summed E-state index contributed by atoms with van der Waals surface area (Å²) in [6.07, 6.45) is 1.47. The lowest BCUT2D eigenvalue weighted by atomic mass is 9.98. The van der Waals surface area contributed by atoms with Gasteiger partial charge in [-0.15, -0.1) is 0 Å². The number of aromatic nitrogens is 1. The molecule has 0 bridgehead atoms. The van der Waals surface area contributed by atoms with Gasteiger partial charge >= 0.3 is 5.97 Å². The second kappa shape index (κ2) is 6.21. The number of phenolic OH excluding ortho intramolecular Hbond substituents is 1. The third-order valence-corrected chi connectivity index (χ3v) is 4.87. The average molecular weight is 369 g/mol. The van der Waals surface area contributed by atoms with Crippen LogP contribution < -0.4 is 5.56 Å². The van der Waals surface area contributed by atoms with Crippen LogP contribution >= 0.6 is 0 Å². The molecule has 0 radical (unpaired) electrons. The van der Waals surface area contributed by atoms with E-state index in [9.17, 15) is 29.3 Å². The first kappa shape index (κ1) is 17.2. The number of fused-ring (bicyclic) bond motifs is 1. The lowest BCUT2D eigenvalue weighted by molar-refractivity contribution is 0.0691. The molecule has 0 aliphatic heterocycles. The van der Waals surface area contributed by atoms with E-state index in [0.29, 0.717) is 11.1 Å². The number of benzene rings is 2. The zero-order valence-electron chi connectivity index (χ0n) is 14.1. The van der Waals surface area contributed by atoms with Gasteiger partial charge in [-0.05, 0) is 42.7 Å². The van der Waals surface area contributed by atoms with E-state index in [1.54, 1.807) is 12.1 Å². The second-order valence-corrected chi connectivity index (χ2v) is 6.62. The van der Waals surface area contributed by atoms with Crippen molar-refractivity contribution in [3.8, 4) is 16.9 Å². The molecule has 7 heteroatoms. The van der Waals surface area contributed by atoms with Crippen molar-refractivity contribution in [3.05, 3.63) is 63.7 Å². The summed E-state index contributed by atoms with van der Waals surface area (Å²) in [5, 5.41) is 28.8. The number of hydrogen-bond donors (Lipinski definition) is 3. The molecule has 1 saturated carbocycles. The van der Waals surface area contributed by atoms with Gasteiger partial charge in [0.25, 0.3) is 5.56 Å². The predicted octanol–water partition coefficient (Wildman–Crippen LogP) is 3.04. The molecule has 138 valence electrons. The number of aromatic hydroxyl groups is 1. The number of carboxylic acids is 1. The van der Waals surface area contributed by atoms with E-state index in [2.05, 4.69) is 0 Å². The van der Waals surface area contributed by atoms with Crippen LogP contribution in [0.2, 0.25) is 0 Å². The molecule has 3 aromatic rings. The van der Waals surface area contributed by atoms with Gasteiger partial charge in [0.2, 0.25) is 0 Å². The highest BCUT2D eigenvalue weighted by atomic mass is 19.1. The molecule has 0 spiro atoms. The van der Waals surface area contributed by atoms with Gasteiger partial charge in [0.1, 0.15) is 17.1 Å². The van der Waals surface area contributed by atoms with Gasteiger partial charge < -0.3 is 19.9 Å². The minimum Gasteiger partial charge on any atom is -0.508 e. The summed E-state index contributed by atoms with van der Waals surface area (Å²) in [5.41, 5.74) is -0.173. The van der Waals surface area contributed by atoms with Gasteiger partial charge in [0, 0.05) is 22.6 Å². The van der Waals surface area contributed by atoms with Crippen LogP contribution in [0.4, 0.5) is 4.39 Å². The fraction of sp³-hybridized carbons (Fsp3) is 0.200. The van der Waals surface area contributed by atoms with Crippen molar-refractivity contribution in [1.82, 2.24) is 4.57 Å². The number of aromatic carboxylic acids is 1.